The molecule has 0 aliphatic carbocycles. The summed E-state index contributed by atoms with van der Waals surface area (Å²) in [5.74, 6) is -1.72. The number of aryl methyl sites for hydroxylation is 1. The van der Waals surface area contributed by atoms with Crippen LogP contribution in [0.4, 0.5) is 19.3 Å². The smallest absolute Gasteiger partial charge is 0.321 e. The van der Waals surface area contributed by atoms with Gasteiger partial charge in [0.25, 0.3) is 5.56 Å². The fourth-order valence-electron chi connectivity index (χ4n) is 2.75. The van der Waals surface area contributed by atoms with E-state index in [1.807, 2.05) is 0 Å². The first kappa shape index (κ1) is 19.3. The molecule has 0 radical (unpaired) electrons. The van der Waals surface area contributed by atoms with Crippen LogP contribution in [0.5, 0.6) is 5.75 Å². The van der Waals surface area contributed by atoms with Gasteiger partial charge in [-0.05, 0) is 28.1 Å². The molecule has 3 rings (SSSR count). The summed E-state index contributed by atoms with van der Waals surface area (Å²) in [5.41, 5.74) is -0.242. The second-order valence-electron chi connectivity index (χ2n) is 6.10. The predicted octanol–water partition coefficient (Wildman–Crippen LogP) is 2.90. The van der Waals surface area contributed by atoms with Crippen molar-refractivity contribution < 1.29 is 18.3 Å². The average molecular weight is 443 g/mol. The Morgan fingerprint density at radius 2 is 1.96 bits per heavy atom. The molecule has 1 saturated heterocycles. The number of hydrogen-bond donors (Lipinski definition) is 1. The van der Waals surface area contributed by atoms with Crippen molar-refractivity contribution in [1.29, 1.82) is 0 Å². The van der Waals surface area contributed by atoms with Gasteiger partial charge in [0.15, 0.2) is 11.6 Å². The summed E-state index contributed by atoms with van der Waals surface area (Å²) in [7, 11) is 1.50. The lowest BCUT2D eigenvalue weighted by atomic mass is 10.1. The highest BCUT2D eigenvalue weighted by molar-refractivity contribution is 9.10. The van der Waals surface area contributed by atoms with E-state index in [2.05, 4.69) is 26.3 Å². The van der Waals surface area contributed by atoms with Crippen molar-refractivity contribution in [2.45, 2.75) is 18.9 Å². The quantitative estimate of drug-likeness (QED) is 0.741. The van der Waals surface area contributed by atoms with Crippen molar-refractivity contribution in [3.8, 4) is 5.75 Å². The fourth-order valence-corrected chi connectivity index (χ4v) is 3.16. The van der Waals surface area contributed by atoms with Crippen LogP contribution in [0.2, 0.25) is 0 Å². The van der Waals surface area contributed by atoms with Gasteiger partial charge in [0.05, 0.1) is 4.47 Å². The van der Waals surface area contributed by atoms with Crippen LogP contribution in [0.3, 0.4) is 0 Å². The standard InChI is InChI=1S/C17H17BrF2N4O3/c1-23-16(25)14(2-5-21-23)22-17(26)24-6-3-10(4-7-24)27-15-9-13(20)12(19)8-11(15)18/h2,5,8-10H,3-4,6-7H2,1H3,(H,22,26). The number of hydrogen-bond acceptors (Lipinski definition) is 4. The largest absolute Gasteiger partial charge is 0.489 e. The number of rotatable bonds is 3. The molecule has 0 saturated carbocycles. The van der Waals surface area contributed by atoms with E-state index in [-0.39, 0.29) is 23.6 Å². The molecule has 1 aliphatic rings. The van der Waals surface area contributed by atoms with Crippen LogP contribution in [-0.2, 0) is 7.05 Å². The predicted molar refractivity (Wildman–Crippen MR) is 97.8 cm³/mol. The molecule has 27 heavy (non-hydrogen) atoms. The summed E-state index contributed by atoms with van der Waals surface area (Å²) in [4.78, 5) is 25.8. The molecule has 0 atom stereocenters. The van der Waals surface area contributed by atoms with Gasteiger partial charge in [-0.2, -0.15) is 5.10 Å². The van der Waals surface area contributed by atoms with Crippen molar-refractivity contribution in [3.05, 3.63) is 50.9 Å². The Morgan fingerprint density at radius 3 is 2.67 bits per heavy atom. The minimum absolute atomic E-state index is 0.154. The number of carbonyl (C=O) groups excluding carboxylic acids is 1. The molecule has 1 aliphatic heterocycles. The number of likely N-dealkylation sites (tertiary alicyclic amines) is 1. The summed E-state index contributed by atoms with van der Waals surface area (Å²) in [6.45, 7) is 0.812. The number of nitrogens with one attached hydrogen (secondary N) is 1. The van der Waals surface area contributed by atoms with Crippen LogP contribution in [0, 0.1) is 11.6 Å². The van der Waals surface area contributed by atoms with Crippen molar-refractivity contribution in [3.63, 3.8) is 0 Å². The van der Waals surface area contributed by atoms with Gasteiger partial charge in [-0.1, -0.05) is 0 Å². The van der Waals surface area contributed by atoms with Gasteiger partial charge in [-0.3, -0.25) is 4.79 Å². The molecule has 2 aromatic rings. The maximum atomic E-state index is 13.4. The minimum Gasteiger partial charge on any atom is -0.489 e. The van der Waals surface area contributed by atoms with Gasteiger partial charge < -0.3 is 15.0 Å². The lowest BCUT2D eigenvalue weighted by molar-refractivity contribution is 0.114. The van der Waals surface area contributed by atoms with Crippen molar-refractivity contribution in [2.75, 3.05) is 18.4 Å². The van der Waals surface area contributed by atoms with Crippen LogP contribution >= 0.6 is 15.9 Å². The molecule has 1 N–H and O–H groups in total. The summed E-state index contributed by atoms with van der Waals surface area (Å²) in [6, 6.07) is 3.07. The first-order valence-electron chi connectivity index (χ1n) is 8.24. The van der Waals surface area contributed by atoms with Crippen LogP contribution in [0.25, 0.3) is 0 Å². The van der Waals surface area contributed by atoms with E-state index in [9.17, 15) is 18.4 Å². The fraction of sp³-hybridized carbons (Fsp3) is 0.353. The normalized spacial score (nSPS) is 14.9. The van der Waals surface area contributed by atoms with Gasteiger partial charge in [0.2, 0.25) is 0 Å². The van der Waals surface area contributed by atoms with E-state index in [0.717, 1.165) is 16.8 Å². The number of urea groups is 1. The number of ether oxygens (including phenoxy) is 1. The van der Waals surface area contributed by atoms with E-state index in [0.29, 0.717) is 30.4 Å². The van der Waals surface area contributed by atoms with Crippen molar-refractivity contribution >= 4 is 27.6 Å². The topological polar surface area (TPSA) is 76.5 Å². The average Bonchev–Trinajstić information content (AvgIpc) is 2.64. The molecule has 2 heterocycles. The zero-order chi connectivity index (χ0) is 19.6. The maximum Gasteiger partial charge on any atom is 0.321 e. The molecular formula is C17H17BrF2N4O3. The molecule has 0 bridgehead atoms. The lowest BCUT2D eigenvalue weighted by Gasteiger charge is -2.32. The molecule has 1 aromatic heterocycles. The van der Waals surface area contributed by atoms with Crippen LogP contribution in [0.1, 0.15) is 12.8 Å². The third-order valence-corrected chi connectivity index (χ3v) is 4.86. The lowest BCUT2D eigenvalue weighted by Crippen LogP contribution is -2.44. The number of amides is 2. The SMILES string of the molecule is Cn1nccc(NC(=O)N2CCC(Oc3cc(F)c(F)cc3Br)CC2)c1=O. The number of piperidine rings is 1. The number of nitrogens with zero attached hydrogens (tertiary/aromatic N) is 3. The van der Waals surface area contributed by atoms with Crippen LogP contribution < -0.4 is 15.6 Å². The van der Waals surface area contributed by atoms with Gasteiger partial charge in [0.1, 0.15) is 17.5 Å². The molecule has 1 aromatic carbocycles. The molecule has 1 fully saturated rings. The van der Waals surface area contributed by atoms with Gasteiger partial charge in [0, 0.05) is 45.2 Å². The number of anilines is 1. The Kier molecular flexibility index (Phi) is 5.73. The third kappa shape index (κ3) is 4.44. The third-order valence-electron chi connectivity index (χ3n) is 4.24. The summed E-state index contributed by atoms with van der Waals surface area (Å²) in [6.07, 6.45) is 2.24. The first-order valence-corrected chi connectivity index (χ1v) is 9.04. The number of halogens is 3. The van der Waals surface area contributed by atoms with E-state index < -0.39 is 17.2 Å². The van der Waals surface area contributed by atoms with E-state index >= 15 is 0 Å². The number of benzene rings is 1. The van der Waals surface area contributed by atoms with Gasteiger partial charge in [-0.15, -0.1) is 0 Å². The maximum absolute atomic E-state index is 13.4. The first-order chi connectivity index (χ1) is 12.8. The highest BCUT2D eigenvalue weighted by Crippen LogP contribution is 2.30. The highest BCUT2D eigenvalue weighted by atomic mass is 79.9. The Bertz CT molecular complexity index is 914. The van der Waals surface area contributed by atoms with E-state index in [1.165, 1.54) is 19.3 Å². The second-order valence-corrected chi connectivity index (χ2v) is 6.96. The van der Waals surface area contributed by atoms with E-state index in [1.54, 1.807) is 4.90 Å². The Morgan fingerprint density at radius 1 is 1.30 bits per heavy atom. The molecule has 0 spiro atoms. The zero-order valence-electron chi connectivity index (χ0n) is 14.4. The molecule has 0 unspecified atom stereocenters. The van der Waals surface area contributed by atoms with Gasteiger partial charge in [-0.25, -0.2) is 18.3 Å². The monoisotopic (exact) mass is 442 g/mol. The summed E-state index contributed by atoms with van der Waals surface area (Å²) in [5, 5.41) is 6.38. The van der Waals surface area contributed by atoms with Crippen LogP contribution in [0.15, 0.2) is 33.7 Å². The minimum atomic E-state index is -0.982. The zero-order valence-corrected chi connectivity index (χ0v) is 16.0. The van der Waals surface area contributed by atoms with Gasteiger partial charge >= 0.3 is 6.03 Å². The highest BCUT2D eigenvalue weighted by Gasteiger charge is 2.25. The Balaban J connectivity index is 1.57. The molecule has 7 nitrogen and oxygen atoms in total. The number of aromatic nitrogens is 2. The van der Waals surface area contributed by atoms with Crippen molar-refractivity contribution in [1.82, 2.24) is 14.7 Å². The summed E-state index contributed by atoms with van der Waals surface area (Å²) >= 11 is 3.15. The Hall–Kier alpha value is -2.49. The molecule has 10 heteroatoms. The Labute approximate surface area is 162 Å². The van der Waals surface area contributed by atoms with Crippen molar-refractivity contribution in [2.24, 2.45) is 7.05 Å². The molecule has 2 amide bonds. The molecular weight excluding hydrogens is 426 g/mol. The second kappa shape index (κ2) is 8.03. The number of carbonyl (C=O) groups is 1. The molecule has 144 valence electrons. The van der Waals surface area contributed by atoms with E-state index in [4.69, 9.17) is 4.74 Å². The van der Waals surface area contributed by atoms with Crippen LogP contribution in [-0.4, -0.2) is 39.9 Å². The summed E-state index contributed by atoms with van der Waals surface area (Å²) < 4.78 is 33.7.